The molecule has 0 heterocycles. The van der Waals surface area contributed by atoms with Crippen molar-refractivity contribution in [3.05, 3.63) is 34.9 Å². The van der Waals surface area contributed by atoms with Crippen molar-refractivity contribution in [3.63, 3.8) is 0 Å². The lowest BCUT2D eigenvalue weighted by molar-refractivity contribution is 1.03. The number of benzene rings is 1. The van der Waals surface area contributed by atoms with Gasteiger partial charge in [0.2, 0.25) is 0 Å². The Balaban J connectivity index is 2.40. The molecule has 1 aromatic carbocycles. The van der Waals surface area contributed by atoms with Crippen LogP contribution in [-0.4, -0.2) is 0 Å². The van der Waals surface area contributed by atoms with Crippen molar-refractivity contribution in [2.24, 2.45) is 0 Å². The van der Waals surface area contributed by atoms with Crippen LogP contribution in [0, 0.1) is 12.3 Å². The Morgan fingerprint density at radius 3 is 2.77 bits per heavy atom. The fourth-order valence-electron chi connectivity index (χ4n) is 1.79. The molecule has 0 atom stereocenters. The fraction of sp³-hybridized carbons (Fsp3) is 0.385. The van der Waals surface area contributed by atoms with Crippen LogP contribution in [0.3, 0.4) is 0 Å². The highest BCUT2D eigenvalue weighted by molar-refractivity contribution is 5.42. The monoisotopic (exact) mass is 170 g/mol. The molecular formula is C13H14. The van der Waals surface area contributed by atoms with Gasteiger partial charge in [0, 0.05) is 5.56 Å². The summed E-state index contributed by atoms with van der Waals surface area (Å²) in [4.78, 5) is 0. The molecule has 0 unspecified atom stereocenters. The van der Waals surface area contributed by atoms with Crippen molar-refractivity contribution in [2.75, 3.05) is 0 Å². The van der Waals surface area contributed by atoms with Crippen LogP contribution in [0.1, 0.15) is 42.4 Å². The smallest absolute Gasteiger partial charge is 0.0245 e. The number of hydrogen-bond acceptors (Lipinski definition) is 0. The van der Waals surface area contributed by atoms with E-state index in [0.29, 0.717) is 0 Å². The quantitative estimate of drug-likeness (QED) is 0.598. The zero-order valence-electron chi connectivity index (χ0n) is 8.01. The third-order valence-electron chi connectivity index (χ3n) is 2.71. The second-order valence-corrected chi connectivity index (χ2v) is 3.69. The summed E-state index contributed by atoms with van der Waals surface area (Å²) in [6.45, 7) is 2.20. The lowest BCUT2D eigenvalue weighted by atomic mass is 9.99. The largest absolute Gasteiger partial charge is 0.115 e. The van der Waals surface area contributed by atoms with Gasteiger partial charge in [-0.2, -0.15) is 0 Å². The Bertz CT molecular complexity index is 351. The minimum absolute atomic E-state index is 0.835. The molecule has 0 nitrogen and oxygen atoms in total. The fourth-order valence-corrected chi connectivity index (χ4v) is 1.79. The maximum absolute atomic E-state index is 5.37. The van der Waals surface area contributed by atoms with Crippen LogP contribution in [0.25, 0.3) is 0 Å². The van der Waals surface area contributed by atoms with Gasteiger partial charge in [0.15, 0.2) is 0 Å². The van der Waals surface area contributed by atoms with Gasteiger partial charge in [0.25, 0.3) is 0 Å². The second-order valence-electron chi connectivity index (χ2n) is 3.69. The van der Waals surface area contributed by atoms with Crippen LogP contribution < -0.4 is 0 Å². The van der Waals surface area contributed by atoms with Gasteiger partial charge < -0.3 is 0 Å². The summed E-state index contributed by atoms with van der Waals surface area (Å²) in [7, 11) is 0. The van der Waals surface area contributed by atoms with Crippen LogP contribution >= 0.6 is 0 Å². The van der Waals surface area contributed by atoms with Gasteiger partial charge in [-0.25, -0.2) is 0 Å². The van der Waals surface area contributed by atoms with E-state index in [4.69, 9.17) is 6.42 Å². The number of terminal acetylenes is 1. The average molecular weight is 170 g/mol. The van der Waals surface area contributed by atoms with E-state index in [1.807, 2.05) is 0 Å². The van der Waals surface area contributed by atoms with E-state index < -0.39 is 0 Å². The lowest BCUT2D eigenvalue weighted by Crippen LogP contribution is -1.91. The molecule has 0 bridgehead atoms. The van der Waals surface area contributed by atoms with E-state index in [0.717, 1.165) is 17.9 Å². The van der Waals surface area contributed by atoms with Gasteiger partial charge in [-0.1, -0.05) is 18.9 Å². The van der Waals surface area contributed by atoms with Gasteiger partial charge in [-0.15, -0.1) is 6.42 Å². The Morgan fingerprint density at radius 1 is 1.46 bits per heavy atom. The van der Waals surface area contributed by atoms with Crippen molar-refractivity contribution in [1.29, 1.82) is 0 Å². The Kier molecular flexibility index (Phi) is 2.10. The molecule has 1 fully saturated rings. The van der Waals surface area contributed by atoms with Crippen molar-refractivity contribution >= 4 is 0 Å². The maximum atomic E-state index is 5.37. The summed E-state index contributed by atoms with van der Waals surface area (Å²) in [5, 5.41) is 0. The molecule has 0 N–H and O–H groups in total. The minimum atomic E-state index is 0.835. The van der Waals surface area contributed by atoms with Crippen LogP contribution in [-0.2, 0) is 6.42 Å². The Labute approximate surface area is 80.0 Å². The molecule has 0 aromatic heterocycles. The maximum Gasteiger partial charge on any atom is 0.0245 e. The second kappa shape index (κ2) is 3.26. The molecule has 0 heteroatoms. The van der Waals surface area contributed by atoms with Crippen molar-refractivity contribution in [2.45, 2.75) is 32.1 Å². The first-order valence-electron chi connectivity index (χ1n) is 4.94. The highest BCUT2D eigenvalue weighted by atomic mass is 14.3. The van der Waals surface area contributed by atoms with Gasteiger partial charge >= 0.3 is 0 Å². The molecule has 0 amide bonds. The van der Waals surface area contributed by atoms with Crippen LogP contribution in [0.15, 0.2) is 18.2 Å². The molecule has 2 rings (SSSR count). The van der Waals surface area contributed by atoms with Gasteiger partial charge in [-0.05, 0) is 48.4 Å². The Hall–Kier alpha value is -1.22. The van der Waals surface area contributed by atoms with Crippen molar-refractivity contribution in [1.82, 2.24) is 0 Å². The number of hydrogen-bond donors (Lipinski definition) is 0. The molecule has 1 aromatic rings. The highest BCUT2D eigenvalue weighted by Gasteiger charge is 2.25. The normalized spacial score (nSPS) is 15.4. The van der Waals surface area contributed by atoms with E-state index in [-0.39, 0.29) is 0 Å². The molecule has 0 aliphatic heterocycles. The molecule has 1 aliphatic rings. The number of aryl methyl sites for hydroxylation is 1. The van der Waals surface area contributed by atoms with Crippen LogP contribution in [0.2, 0.25) is 0 Å². The summed E-state index contributed by atoms with van der Waals surface area (Å²) in [5.41, 5.74) is 3.99. The SMILES string of the molecule is C#Cc1ccc(C2CC2)c(CC)c1. The molecular weight excluding hydrogens is 156 g/mol. The standard InChI is InChI=1S/C13H14/c1-3-10-5-8-13(12-6-7-12)11(4-2)9-10/h1,5,8-9,12H,4,6-7H2,2H3. The minimum Gasteiger partial charge on any atom is -0.115 e. The predicted molar refractivity (Wildman–Crippen MR) is 55.7 cm³/mol. The molecule has 0 saturated heterocycles. The van der Waals surface area contributed by atoms with Gasteiger partial charge in [0.1, 0.15) is 0 Å². The average Bonchev–Trinajstić information content (AvgIpc) is 3.00. The Morgan fingerprint density at radius 2 is 2.23 bits per heavy atom. The molecule has 1 aliphatic carbocycles. The predicted octanol–water partition coefficient (Wildman–Crippen LogP) is 3.11. The van der Waals surface area contributed by atoms with Crippen LogP contribution in [0.4, 0.5) is 0 Å². The van der Waals surface area contributed by atoms with Gasteiger partial charge in [-0.3, -0.25) is 0 Å². The first-order valence-corrected chi connectivity index (χ1v) is 4.94. The van der Waals surface area contributed by atoms with Gasteiger partial charge in [0.05, 0.1) is 0 Å². The van der Waals surface area contributed by atoms with E-state index in [9.17, 15) is 0 Å². The van der Waals surface area contributed by atoms with Crippen molar-refractivity contribution in [3.8, 4) is 12.3 Å². The molecule has 66 valence electrons. The third kappa shape index (κ3) is 1.60. The zero-order valence-corrected chi connectivity index (χ0v) is 8.01. The lowest BCUT2D eigenvalue weighted by Gasteiger charge is -2.06. The van der Waals surface area contributed by atoms with Crippen LogP contribution in [0.5, 0.6) is 0 Å². The summed E-state index contributed by atoms with van der Waals surface area (Å²) >= 11 is 0. The highest BCUT2D eigenvalue weighted by Crippen LogP contribution is 2.41. The topological polar surface area (TPSA) is 0 Å². The summed E-state index contributed by atoms with van der Waals surface area (Å²) in [5.74, 6) is 3.52. The zero-order chi connectivity index (χ0) is 9.26. The summed E-state index contributed by atoms with van der Waals surface area (Å²) < 4.78 is 0. The van der Waals surface area contributed by atoms with E-state index in [1.54, 1.807) is 0 Å². The first kappa shape index (κ1) is 8.38. The summed E-state index contributed by atoms with van der Waals surface area (Å²) in [6, 6.07) is 6.44. The molecule has 1 saturated carbocycles. The first-order chi connectivity index (χ1) is 6.35. The van der Waals surface area contributed by atoms with Crippen molar-refractivity contribution < 1.29 is 0 Å². The number of rotatable bonds is 2. The third-order valence-corrected chi connectivity index (χ3v) is 2.71. The van der Waals surface area contributed by atoms with E-state index in [2.05, 4.69) is 31.0 Å². The summed E-state index contributed by atoms with van der Waals surface area (Å²) in [6.07, 6.45) is 9.19. The molecule has 13 heavy (non-hydrogen) atoms. The van der Waals surface area contributed by atoms with E-state index in [1.165, 1.54) is 24.0 Å². The molecule has 0 spiro atoms. The van der Waals surface area contributed by atoms with E-state index >= 15 is 0 Å². The molecule has 0 radical (unpaired) electrons.